The number of ether oxygens (including phenoxy) is 1. The van der Waals surface area contributed by atoms with E-state index in [0.29, 0.717) is 5.56 Å². The lowest BCUT2D eigenvalue weighted by Crippen LogP contribution is -2.54. The number of nitrogens with zero attached hydrogens (tertiary/aromatic N) is 1. The first-order valence-electron chi connectivity index (χ1n) is 15.0. The minimum absolute atomic E-state index is 0.108. The number of para-hydroxylation sites is 1. The zero-order valence-electron chi connectivity index (χ0n) is 24.0. The zero-order valence-corrected chi connectivity index (χ0v) is 24.0. The molecule has 1 amide bonds. The molecule has 0 aromatic heterocycles. The Balaban J connectivity index is 1.46. The molecule has 4 heteroatoms. The molecule has 212 valence electrons. The fourth-order valence-corrected chi connectivity index (χ4v) is 7.55. The van der Waals surface area contributed by atoms with Crippen molar-refractivity contribution >= 4 is 28.3 Å². The van der Waals surface area contributed by atoms with E-state index >= 15 is 4.79 Å². The van der Waals surface area contributed by atoms with E-state index in [1.807, 2.05) is 108 Å². The Bertz CT molecular complexity index is 1920. The van der Waals surface area contributed by atoms with Crippen LogP contribution in [-0.4, -0.2) is 11.9 Å². The SMILES string of the molecule is O=C1C[C@@H](c2cccc3ccccc23)[C@]2(O1)C(=O)N(C(c1ccccc1)(c1ccccc1)c1ccccc1)c1ccccc12. The second-order valence-electron chi connectivity index (χ2n) is 11.5. The number of hydrogen-bond acceptors (Lipinski definition) is 3. The van der Waals surface area contributed by atoms with Gasteiger partial charge >= 0.3 is 5.97 Å². The maximum Gasteiger partial charge on any atom is 0.308 e. The van der Waals surface area contributed by atoms with Gasteiger partial charge in [-0.3, -0.25) is 14.5 Å². The van der Waals surface area contributed by atoms with Crippen molar-refractivity contribution in [3.63, 3.8) is 0 Å². The van der Waals surface area contributed by atoms with E-state index in [1.54, 1.807) is 0 Å². The molecule has 0 bridgehead atoms. The summed E-state index contributed by atoms with van der Waals surface area (Å²) in [4.78, 5) is 31.0. The summed E-state index contributed by atoms with van der Waals surface area (Å²) in [7, 11) is 0. The van der Waals surface area contributed by atoms with Crippen LogP contribution in [0.25, 0.3) is 10.8 Å². The quantitative estimate of drug-likeness (QED) is 0.155. The van der Waals surface area contributed by atoms with Gasteiger partial charge in [0.05, 0.1) is 12.1 Å². The first-order valence-corrected chi connectivity index (χ1v) is 15.0. The molecule has 0 radical (unpaired) electrons. The summed E-state index contributed by atoms with van der Waals surface area (Å²) in [5.41, 5.74) is 2.59. The molecule has 1 fully saturated rings. The third kappa shape index (κ3) is 3.58. The molecule has 6 aromatic carbocycles. The average Bonchev–Trinajstić information content (AvgIpc) is 3.56. The lowest BCUT2D eigenvalue weighted by Gasteiger charge is -2.44. The molecule has 2 heterocycles. The van der Waals surface area contributed by atoms with Gasteiger partial charge in [0.15, 0.2) is 0 Å². The summed E-state index contributed by atoms with van der Waals surface area (Å²) in [6.07, 6.45) is 0.108. The van der Waals surface area contributed by atoms with Gasteiger partial charge in [-0.15, -0.1) is 0 Å². The number of carbonyl (C=O) groups excluding carboxylic acids is 2. The molecule has 44 heavy (non-hydrogen) atoms. The Hall–Kier alpha value is -5.48. The molecule has 1 saturated heterocycles. The molecule has 0 aliphatic carbocycles. The number of anilines is 1. The molecule has 2 aliphatic rings. The van der Waals surface area contributed by atoms with Crippen molar-refractivity contribution in [3.05, 3.63) is 186 Å². The van der Waals surface area contributed by atoms with Crippen LogP contribution in [0, 0.1) is 0 Å². The molecule has 8 rings (SSSR count). The molecule has 2 atom stereocenters. The van der Waals surface area contributed by atoms with E-state index in [-0.39, 0.29) is 18.3 Å². The normalized spacial score (nSPS) is 19.4. The highest BCUT2D eigenvalue weighted by Crippen LogP contribution is 2.60. The van der Waals surface area contributed by atoms with Crippen LogP contribution in [0.5, 0.6) is 0 Å². The topological polar surface area (TPSA) is 46.6 Å². The monoisotopic (exact) mass is 571 g/mol. The van der Waals surface area contributed by atoms with E-state index in [2.05, 4.69) is 54.6 Å². The molecule has 0 N–H and O–H groups in total. The summed E-state index contributed by atoms with van der Waals surface area (Å²) in [6, 6.07) is 52.5. The zero-order chi connectivity index (χ0) is 29.7. The standard InChI is InChI=1S/C40H29NO3/c42-37-27-35(33-24-14-16-28-15-10-11-23-32(28)33)40(44-37)34-25-12-13-26-36(34)41(38(40)43)39(29-17-4-1-5-18-29,30-19-6-2-7-20-30)31-21-8-3-9-22-31/h1-26,35H,27H2/t35-,40-/m0/s1. The average molecular weight is 572 g/mol. The predicted octanol–water partition coefficient (Wildman–Crippen LogP) is 8.10. The van der Waals surface area contributed by atoms with Crippen LogP contribution in [0.3, 0.4) is 0 Å². The van der Waals surface area contributed by atoms with Crippen LogP contribution in [0.15, 0.2) is 158 Å². The van der Waals surface area contributed by atoms with Crippen LogP contribution in [0.2, 0.25) is 0 Å². The van der Waals surface area contributed by atoms with Gasteiger partial charge in [0, 0.05) is 11.5 Å². The fraction of sp³-hybridized carbons (Fsp3) is 0.100. The number of carbonyl (C=O) groups is 2. The van der Waals surface area contributed by atoms with Crippen molar-refractivity contribution in [1.29, 1.82) is 0 Å². The maximum atomic E-state index is 15.7. The van der Waals surface area contributed by atoms with Crippen LogP contribution >= 0.6 is 0 Å². The second-order valence-corrected chi connectivity index (χ2v) is 11.5. The minimum Gasteiger partial charge on any atom is -0.443 e. The third-order valence-corrected chi connectivity index (χ3v) is 9.31. The van der Waals surface area contributed by atoms with E-state index < -0.39 is 17.1 Å². The van der Waals surface area contributed by atoms with Crippen LogP contribution < -0.4 is 4.90 Å². The molecular weight excluding hydrogens is 542 g/mol. The summed E-state index contributed by atoms with van der Waals surface area (Å²) >= 11 is 0. The van der Waals surface area contributed by atoms with E-state index in [9.17, 15) is 4.79 Å². The first kappa shape index (κ1) is 26.2. The van der Waals surface area contributed by atoms with Gasteiger partial charge in [-0.2, -0.15) is 0 Å². The lowest BCUT2D eigenvalue weighted by atomic mass is 9.74. The highest BCUT2D eigenvalue weighted by Gasteiger charge is 2.66. The van der Waals surface area contributed by atoms with Gasteiger partial charge in [-0.1, -0.05) is 152 Å². The van der Waals surface area contributed by atoms with Crippen molar-refractivity contribution in [2.45, 2.75) is 23.5 Å². The number of amides is 1. The molecule has 0 saturated carbocycles. The van der Waals surface area contributed by atoms with Crippen molar-refractivity contribution in [2.75, 3.05) is 4.90 Å². The highest BCUT2D eigenvalue weighted by atomic mass is 16.6. The van der Waals surface area contributed by atoms with Crippen LogP contribution in [-0.2, 0) is 25.5 Å². The lowest BCUT2D eigenvalue weighted by molar-refractivity contribution is -0.158. The Morgan fingerprint density at radius 3 is 1.75 bits per heavy atom. The Morgan fingerprint density at radius 2 is 1.11 bits per heavy atom. The third-order valence-electron chi connectivity index (χ3n) is 9.31. The van der Waals surface area contributed by atoms with Crippen molar-refractivity contribution in [3.8, 4) is 0 Å². The number of rotatable bonds is 5. The van der Waals surface area contributed by atoms with Gasteiger partial charge in [0.2, 0.25) is 5.60 Å². The molecule has 1 spiro atoms. The molecular formula is C40H29NO3. The van der Waals surface area contributed by atoms with Crippen LogP contribution in [0.1, 0.15) is 40.2 Å². The Morgan fingerprint density at radius 1 is 0.591 bits per heavy atom. The Labute approximate surface area is 256 Å². The predicted molar refractivity (Wildman–Crippen MR) is 172 cm³/mol. The number of fused-ring (bicyclic) bond motifs is 3. The second kappa shape index (κ2) is 10.1. The smallest absolute Gasteiger partial charge is 0.308 e. The largest absolute Gasteiger partial charge is 0.443 e. The molecule has 2 aliphatic heterocycles. The van der Waals surface area contributed by atoms with Crippen LogP contribution in [0.4, 0.5) is 5.69 Å². The van der Waals surface area contributed by atoms with Gasteiger partial charge in [0.25, 0.3) is 5.91 Å². The van der Waals surface area contributed by atoms with Gasteiger partial charge in [0.1, 0.15) is 5.54 Å². The number of benzene rings is 6. The van der Waals surface area contributed by atoms with Crippen molar-refractivity contribution in [2.24, 2.45) is 0 Å². The highest BCUT2D eigenvalue weighted by molar-refractivity contribution is 6.12. The van der Waals surface area contributed by atoms with E-state index in [1.165, 1.54) is 0 Å². The van der Waals surface area contributed by atoms with E-state index in [0.717, 1.165) is 38.7 Å². The summed E-state index contributed by atoms with van der Waals surface area (Å²) in [6.45, 7) is 0. The maximum absolute atomic E-state index is 15.7. The van der Waals surface area contributed by atoms with Gasteiger partial charge in [-0.05, 0) is 39.1 Å². The van der Waals surface area contributed by atoms with E-state index in [4.69, 9.17) is 4.74 Å². The van der Waals surface area contributed by atoms with Gasteiger partial charge < -0.3 is 4.74 Å². The minimum atomic E-state index is -1.53. The number of esters is 1. The number of hydrogen-bond donors (Lipinski definition) is 0. The molecule has 6 aromatic rings. The molecule has 0 unspecified atom stereocenters. The Kier molecular flexibility index (Phi) is 5.98. The van der Waals surface area contributed by atoms with Gasteiger partial charge in [-0.25, -0.2) is 0 Å². The fourth-order valence-electron chi connectivity index (χ4n) is 7.55. The summed E-state index contributed by atoms with van der Waals surface area (Å²) in [5.74, 6) is -1.14. The summed E-state index contributed by atoms with van der Waals surface area (Å²) in [5, 5.41) is 2.07. The van der Waals surface area contributed by atoms with Crippen molar-refractivity contribution in [1.82, 2.24) is 0 Å². The molecule has 4 nitrogen and oxygen atoms in total. The summed E-state index contributed by atoms with van der Waals surface area (Å²) < 4.78 is 6.37. The van der Waals surface area contributed by atoms with Crippen molar-refractivity contribution < 1.29 is 14.3 Å². The first-order chi connectivity index (χ1) is 21.7.